The zero-order valence-corrected chi connectivity index (χ0v) is 12.1. The summed E-state index contributed by atoms with van der Waals surface area (Å²) >= 11 is 0. The Bertz CT molecular complexity index is 331. The number of hydrogen-bond donors (Lipinski definition) is 2. The van der Waals surface area contributed by atoms with Crippen LogP contribution in [0.3, 0.4) is 0 Å². The molecular formula is C16H27NO. The predicted molar refractivity (Wildman–Crippen MR) is 77.7 cm³/mol. The number of nitrogens with one attached hydrogen (secondary N) is 1. The monoisotopic (exact) mass is 249 g/mol. The third-order valence-electron chi connectivity index (χ3n) is 3.34. The summed E-state index contributed by atoms with van der Waals surface area (Å²) in [6.45, 7) is 9.57. The molecule has 0 radical (unpaired) electrons. The topological polar surface area (TPSA) is 32.3 Å². The molecule has 0 heterocycles. The largest absolute Gasteiger partial charge is 0.387 e. The Morgan fingerprint density at radius 1 is 1.11 bits per heavy atom. The molecule has 1 aromatic rings. The first-order valence-corrected chi connectivity index (χ1v) is 7.08. The molecule has 0 saturated heterocycles. The van der Waals surface area contributed by atoms with E-state index < -0.39 is 6.10 Å². The van der Waals surface area contributed by atoms with Crippen LogP contribution in [0.4, 0.5) is 0 Å². The van der Waals surface area contributed by atoms with Crippen molar-refractivity contribution in [3.63, 3.8) is 0 Å². The van der Waals surface area contributed by atoms with E-state index in [1.165, 1.54) is 5.56 Å². The highest BCUT2D eigenvalue weighted by Gasteiger charge is 2.18. The predicted octanol–water partition coefficient (Wildman–Crippen LogP) is 3.31. The van der Waals surface area contributed by atoms with E-state index in [0.29, 0.717) is 5.92 Å². The third kappa shape index (κ3) is 4.43. The average Bonchev–Trinajstić information content (AvgIpc) is 2.39. The van der Waals surface area contributed by atoms with Gasteiger partial charge >= 0.3 is 0 Å². The Morgan fingerprint density at radius 3 is 2.17 bits per heavy atom. The van der Waals surface area contributed by atoms with Crippen LogP contribution >= 0.6 is 0 Å². The summed E-state index contributed by atoms with van der Waals surface area (Å²) in [7, 11) is 0. The van der Waals surface area contributed by atoms with Crippen LogP contribution in [-0.2, 0) is 6.42 Å². The fourth-order valence-electron chi connectivity index (χ4n) is 2.05. The van der Waals surface area contributed by atoms with Crippen LogP contribution in [0.1, 0.15) is 51.3 Å². The molecule has 0 aliphatic rings. The molecule has 1 aromatic carbocycles. The van der Waals surface area contributed by atoms with Crippen LogP contribution in [0.25, 0.3) is 0 Å². The molecule has 0 bridgehead atoms. The Morgan fingerprint density at radius 2 is 1.72 bits per heavy atom. The lowest BCUT2D eigenvalue weighted by atomic mass is 9.98. The van der Waals surface area contributed by atoms with Crippen molar-refractivity contribution in [3.05, 3.63) is 35.4 Å². The summed E-state index contributed by atoms with van der Waals surface area (Å²) in [5.41, 5.74) is 2.32. The minimum absolute atomic E-state index is 0.139. The highest BCUT2D eigenvalue weighted by atomic mass is 16.3. The Hall–Kier alpha value is -0.860. The van der Waals surface area contributed by atoms with Crippen molar-refractivity contribution in [2.75, 3.05) is 6.54 Å². The molecule has 0 fully saturated rings. The van der Waals surface area contributed by atoms with Gasteiger partial charge in [0.15, 0.2) is 0 Å². The van der Waals surface area contributed by atoms with Crippen molar-refractivity contribution in [2.24, 2.45) is 5.92 Å². The molecule has 0 aliphatic carbocycles. The first kappa shape index (κ1) is 15.2. The average molecular weight is 249 g/mol. The number of aliphatic hydroxyl groups excluding tert-OH is 1. The van der Waals surface area contributed by atoms with Gasteiger partial charge in [0.2, 0.25) is 0 Å². The van der Waals surface area contributed by atoms with E-state index in [1.54, 1.807) is 0 Å². The summed E-state index contributed by atoms with van der Waals surface area (Å²) in [4.78, 5) is 0. The Balaban J connectivity index is 2.66. The Kier molecular flexibility index (Phi) is 6.37. The van der Waals surface area contributed by atoms with Crippen LogP contribution in [-0.4, -0.2) is 17.7 Å². The first-order chi connectivity index (χ1) is 8.58. The molecule has 2 N–H and O–H groups in total. The quantitative estimate of drug-likeness (QED) is 0.777. The SMILES string of the molecule is CCc1ccc(C(O)C(CC)NCC(C)C)cc1. The van der Waals surface area contributed by atoms with E-state index in [4.69, 9.17) is 0 Å². The molecule has 0 aromatic heterocycles. The fraction of sp³-hybridized carbons (Fsp3) is 0.625. The molecule has 0 spiro atoms. The van der Waals surface area contributed by atoms with E-state index in [-0.39, 0.29) is 6.04 Å². The molecule has 2 nitrogen and oxygen atoms in total. The number of benzene rings is 1. The molecule has 102 valence electrons. The minimum atomic E-state index is -0.417. The lowest BCUT2D eigenvalue weighted by Gasteiger charge is -2.24. The minimum Gasteiger partial charge on any atom is -0.387 e. The molecule has 1 rings (SSSR count). The summed E-state index contributed by atoms with van der Waals surface area (Å²) < 4.78 is 0. The van der Waals surface area contributed by atoms with Crippen molar-refractivity contribution in [2.45, 2.75) is 52.7 Å². The van der Waals surface area contributed by atoms with E-state index in [2.05, 4.69) is 45.1 Å². The van der Waals surface area contributed by atoms with Gasteiger partial charge in [0.25, 0.3) is 0 Å². The van der Waals surface area contributed by atoms with Gasteiger partial charge < -0.3 is 10.4 Å². The molecule has 0 saturated carbocycles. The lowest BCUT2D eigenvalue weighted by molar-refractivity contribution is 0.124. The maximum absolute atomic E-state index is 10.4. The van der Waals surface area contributed by atoms with E-state index >= 15 is 0 Å². The van der Waals surface area contributed by atoms with Gasteiger partial charge in [-0.1, -0.05) is 52.0 Å². The second kappa shape index (κ2) is 7.55. The number of aliphatic hydroxyl groups is 1. The van der Waals surface area contributed by atoms with Gasteiger partial charge in [0.1, 0.15) is 0 Å². The maximum Gasteiger partial charge on any atom is 0.0942 e. The number of aryl methyl sites for hydroxylation is 1. The van der Waals surface area contributed by atoms with Gasteiger partial charge in [-0.3, -0.25) is 0 Å². The molecule has 0 amide bonds. The molecule has 2 heteroatoms. The zero-order valence-electron chi connectivity index (χ0n) is 12.1. The van der Waals surface area contributed by atoms with Gasteiger partial charge in [-0.25, -0.2) is 0 Å². The van der Waals surface area contributed by atoms with Crippen LogP contribution in [0.15, 0.2) is 24.3 Å². The summed E-state index contributed by atoms with van der Waals surface area (Å²) in [5.74, 6) is 0.605. The van der Waals surface area contributed by atoms with E-state index in [0.717, 1.165) is 24.9 Å². The van der Waals surface area contributed by atoms with Gasteiger partial charge in [-0.2, -0.15) is 0 Å². The van der Waals surface area contributed by atoms with Crippen molar-refractivity contribution in [1.29, 1.82) is 0 Å². The second-order valence-electron chi connectivity index (χ2n) is 5.36. The van der Waals surface area contributed by atoms with Gasteiger partial charge in [0.05, 0.1) is 6.10 Å². The normalized spacial score (nSPS) is 14.8. The first-order valence-electron chi connectivity index (χ1n) is 7.08. The second-order valence-corrected chi connectivity index (χ2v) is 5.36. The van der Waals surface area contributed by atoms with Crippen molar-refractivity contribution in [3.8, 4) is 0 Å². The van der Waals surface area contributed by atoms with Crippen LogP contribution in [0.2, 0.25) is 0 Å². The van der Waals surface area contributed by atoms with Crippen molar-refractivity contribution in [1.82, 2.24) is 5.32 Å². The highest BCUT2D eigenvalue weighted by molar-refractivity contribution is 5.25. The fourth-order valence-corrected chi connectivity index (χ4v) is 2.05. The van der Waals surface area contributed by atoms with E-state index in [1.807, 2.05) is 12.1 Å². The standard InChI is InChI=1S/C16H27NO/c1-5-13-7-9-14(10-8-13)16(18)15(6-2)17-11-12(3)4/h7-10,12,15-18H,5-6,11H2,1-4H3. The van der Waals surface area contributed by atoms with Crippen molar-refractivity contribution < 1.29 is 5.11 Å². The molecule has 2 unspecified atom stereocenters. The summed E-state index contributed by atoms with van der Waals surface area (Å²) in [5, 5.41) is 13.8. The van der Waals surface area contributed by atoms with Gasteiger partial charge in [-0.15, -0.1) is 0 Å². The third-order valence-corrected chi connectivity index (χ3v) is 3.34. The van der Waals surface area contributed by atoms with Gasteiger partial charge in [-0.05, 0) is 36.4 Å². The zero-order chi connectivity index (χ0) is 13.5. The summed E-state index contributed by atoms with van der Waals surface area (Å²) in [6.07, 6.45) is 1.56. The van der Waals surface area contributed by atoms with Crippen LogP contribution < -0.4 is 5.32 Å². The van der Waals surface area contributed by atoms with E-state index in [9.17, 15) is 5.11 Å². The summed E-state index contributed by atoms with van der Waals surface area (Å²) in [6, 6.07) is 8.44. The Labute approximate surface area is 111 Å². The maximum atomic E-state index is 10.4. The highest BCUT2D eigenvalue weighted by Crippen LogP contribution is 2.19. The number of rotatable bonds is 7. The molecule has 2 atom stereocenters. The molecule has 18 heavy (non-hydrogen) atoms. The molecule has 0 aliphatic heterocycles. The lowest BCUT2D eigenvalue weighted by Crippen LogP contribution is -2.36. The van der Waals surface area contributed by atoms with Crippen LogP contribution in [0, 0.1) is 5.92 Å². The number of hydrogen-bond acceptors (Lipinski definition) is 2. The van der Waals surface area contributed by atoms with Crippen LogP contribution in [0.5, 0.6) is 0 Å². The smallest absolute Gasteiger partial charge is 0.0942 e. The molecular weight excluding hydrogens is 222 g/mol. The van der Waals surface area contributed by atoms with Crippen molar-refractivity contribution >= 4 is 0 Å². The van der Waals surface area contributed by atoms with Gasteiger partial charge in [0, 0.05) is 6.04 Å².